The molecule has 1 aromatic carbocycles. The maximum Gasteiger partial charge on any atom is 0.305 e. The predicted molar refractivity (Wildman–Crippen MR) is 59.8 cm³/mol. The predicted octanol–water partition coefficient (Wildman–Crippen LogP) is 2.21. The molecule has 0 saturated heterocycles. The summed E-state index contributed by atoms with van der Waals surface area (Å²) in [6, 6.07) is 0.0920. The maximum absolute atomic E-state index is 13.6. The Morgan fingerprint density at radius 1 is 1.59 bits per heavy atom. The van der Waals surface area contributed by atoms with Gasteiger partial charge in [0.1, 0.15) is 0 Å². The van der Waals surface area contributed by atoms with Gasteiger partial charge >= 0.3 is 5.97 Å². The van der Waals surface area contributed by atoms with Crippen LogP contribution in [0.25, 0.3) is 0 Å². The van der Waals surface area contributed by atoms with Crippen molar-refractivity contribution in [3.05, 3.63) is 27.7 Å². The highest BCUT2D eigenvalue weighted by atomic mass is 79.9. The number of carboxylic acid groups (broad SMARTS) is 1. The molecule has 17 heavy (non-hydrogen) atoms. The van der Waals surface area contributed by atoms with Crippen LogP contribution in [0.4, 0.5) is 8.78 Å². The number of hydrogen-bond donors (Lipinski definition) is 2. The number of ether oxygens (including phenoxy) is 1. The Morgan fingerprint density at radius 3 is 2.65 bits per heavy atom. The maximum atomic E-state index is 13.6. The molecule has 1 unspecified atom stereocenters. The molecule has 4 nitrogen and oxygen atoms in total. The number of benzene rings is 1. The summed E-state index contributed by atoms with van der Waals surface area (Å²) < 4.78 is 31.9. The molecule has 0 fully saturated rings. The summed E-state index contributed by atoms with van der Waals surface area (Å²) in [7, 11) is 1.19. The van der Waals surface area contributed by atoms with Crippen LogP contribution < -0.4 is 10.5 Å². The standard InChI is InChI=1S/C10H10BrF2NO3/c1-17-10-5(11)2-4(8(12)9(10)13)6(14)3-7(15)16/h2,6H,3,14H2,1H3,(H,15,16). The molecular formula is C10H10BrF2NO3. The Labute approximate surface area is 104 Å². The molecule has 0 spiro atoms. The molecule has 0 bridgehead atoms. The fraction of sp³-hybridized carbons (Fsp3) is 0.300. The van der Waals surface area contributed by atoms with Crippen molar-refractivity contribution in [1.82, 2.24) is 0 Å². The molecule has 0 aliphatic rings. The van der Waals surface area contributed by atoms with Gasteiger partial charge in [-0.2, -0.15) is 4.39 Å². The van der Waals surface area contributed by atoms with Crippen LogP contribution in [-0.2, 0) is 4.79 Å². The Morgan fingerprint density at radius 2 is 2.18 bits per heavy atom. The summed E-state index contributed by atoms with van der Waals surface area (Å²) in [5.74, 6) is -3.87. The van der Waals surface area contributed by atoms with Crippen molar-refractivity contribution in [1.29, 1.82) is 0 Å². The van der Waals surface area contributed by atoms with E-state index in [1.807, 2.05) is 0 Å². The molecule has 1 aromatic rings. The molecule has 1 atom stereocenters. The van der Waals surface area contributed by atoms with Crippen molar-refractivity contribution in [2.45, 2.75) is 12.5 Å². The van der Waals surface area contributed by atoms with Gasteiger partial charge in [-0.15, -0.1) is 0 Å². The van der Waals surface area contributed by atoms with Gasteiger partial charge in [-0.3, -0.25) is 4.79 Å². The van der Waals surface area contributed by atoms with E-state index in [1.54, 1.807) is 0 Å². The zero-order chi connectivity index (χ0) is 13.2. The highest BCUT2D eigenvalue weighted by molar-refractivity contribution is 9.10. The van der Waals surface area contributed by atoms with E-state index in [-0.39, 0.29) is 15.8 Å². The van der Waals surface area contributed by atoms with Crippen LogP contribution in [0.5, 0.6) is 5.75 Å². The van der Waals surface area contributed by atoms with Crippen LogP contribution in [0.3, 0.4) is 0 Å². The third-order valence-electron chi connectivity index (χ3n) is 2.14. The minimum absolute atomic E-state index is 0.176. The molecule has 0 heterocycles. The number of methoxy groups -OCH3 is 1. The summed E-state index contributed by atoms with van der Waals surface area (Å²) >= 11 is 2.99. The zero-order valence-electron chi connectivity index (χ0n) is 8.84. The second kappa shape index (κ2) is 5.42. The van der Waals surface area contributed by atoms with Crippen molar-refractivity contribution in [3.63, 3.8) is 0 Å². The number of carbonyl (C=O) groups is 1. The van der Waals surface area contributed by atoms with E-state index in [0.29, 0.717) is 0 Å². The van der Waals surface area contributed by atoms with Crippen LogP contribution in [0.15, 0.2) is 10.5 Å². The molecule has 94 valence electrons. The van der Waals surface area contributed by atoms with Crippen LogP contribution in [0, 0.1) is 11.6 Å². The molecule has 0 aliphatic heterocycles. The minimum atomic E-state index is -1.20. The summed E-state index contributed by atoms with van der Waals surface area (Å²) in [4.78, 5) is 10.5. The first kappa shape index (κ1) is 13.9. The quantitative estimate of drug-likeness (QED) is 0.836. The molecule has 3 N–H and O–H groups in total. The number of hydrogen-bond acceptors (Lipinski definition) is 3. The highest BCUT2D eigenvalue weighted by Crippen LogP contribution is 2.34. The first-order valence-corrected chi connectivity index (χ1v) is 5.36. The second-order valence-electron chi connectivity index (χ2n) is 3.31. The largest absolute Gasteiger partial charge is 0.492 e. The van der Waals surface area contributed by atoms with E-state index in [1.165, 1.54) is 13.2 Å². The topological polar surface area (TPSA) is 72.5 Å². The lowest BCUT2D eigenvalue weighted by Gasteiger charge is -2.14. The Balaban J connectivity index is 3.22. The first-order chi connectivity index (χ1) is 7.88. The van der Waals surface area contributed by atoms with Crippen LogP contribution in [-0.4, -0.2) is 18.2 Å². The summed E-state index contributed by atoms with van der Waals surface area (Å²) in [6.07, 6.45) is -0.491. The first-order valence-electron chi connectivity index (χ1n) is 4.57. The third kappa shape index (κ3) is 2.92. The summed E-state index contributed by atoms with van der Waals surface area (Å²) in [5.41, 5.74) is 5.27. The van der Waals surface area contributed by atoms with Crippen molar-refractivity contribution >= 4 is 21.9 Å². The van der Waals surface area contributed by atoms with E-state index in [9.17, 15) is 13.6 Å². The Kier molecular flexibility index (Phi) is 4.41. The molecule has 1 rings (SSSR count). The van der Waals surface area contributed by atoms with Gasteiger partial charge in [0.05, 0.1) is 18.0 Å². The monoisotopic (exact) mass is 309 g/mol. The molecular weight excluding hydrogens is 300 g/mol. The number of rotatable bonds is 4. The second-order valence-corrected chi connectivity index (χ2v) is 4.17. The lowest BCUT2D eigenvalue weighted by Crippen LogP contribution is -2.17. The average molecular weight is 310 g/mol. The summed E-state index contributed by atoms with van der Waals surface area (Å²) in [5, 5.41) is 8.54. The van der Waals surface area contributed by atoms with Gasteiger partial charge in [-0.1, -0.05) is 0 Å². The molecule has 0 radical (unpaired) electrons. The van der Waals surface area contributed by atoms with Gasteiger partial charge in [0.25, 0.3) is 0 Å². The number of halogens is 3. The van der Waals surface area contributed by atoms with Gasteiger partial charge < -0.3 is 15.6 Å². The van der Waals surface area contributed by atoms with E-state index in [2.05, 4.69) is 20.7 Å². The summed E-state index contributed by atoms with van der Waals surface area (Å²) in [6.45, 7) is 0. The minimum Gasteiger partial charge on any atom is -0.492 e. The fourth-order valence-corrected chi connectivity index (χ4v) is 1.93. The average Bonchev–Trinajstić information content (AvgIpc) is 2.23. The van der Waals surface area contributed by atoms with Crippen molar-refractivity contribution in [2.24, 2.45) is 5.73 Å². The van der Waals surface area contributed by atoms with Crippen LogP contribution in [0.1, 0.15) is 18.0 Å². The van der Waals surface area contributed by atoms with Crippen LogP contribution >= 0.6 is 15.9 Å². The van der Waals surface area contributed by atoms with Crippen molar-refractivity contribution in [2.75, 3.05) is 7.11 Å². The normalized spacial score (nSPS) is 12.3. The van der Waals surface area contributed by atoms with Crippen molar-refractivity contribution in [3.8, 4) is 5.75 Å². The SMILES string of the molecule is COc1c(Br)cc(C(N)CC(=O)O)c(F)c1F. The van der Waals surface area contributed by atoms with Crippen molar-refractivity contribution < 1.29 is 23.4 Å². The number of nitrogens with two attached hydrogens (primary N) is 1. The van der Waals surface area contributed by atoms with Crippen LogP contribution in [0.2, 0.25) is 0 Å². The molecule has 7 heteroatoms. The smallest absolute Gasteiger partial charge is 0.305 e. The Bertz CT molecular complexity index is 454. The third-order valence-corrected chi connectivity index (χ3v) is 2.73. The van der Waals surface area contributed by atoms with Gasteiger partial charge in [-0.05, 0) is 22.0 Å². The molecule has 0 saturated carbocycles. The van der Waals surface area contributed by atoms with E-state index >= 15 is 0 Å². The van der Waals surface area contributed by atoms with E-state index in [4.69, 9.17) is 10.8 Å². The van der Waals surface area contributed by atoms with Gasteiger partial charge in [-0.25, -0.2) is 4.39 Å². The highest BCUT2D eigenvalue weighted by Gasteiger charge is 2.22. The zero-order valence-corrected chi connectivity index (χ0v) is 10.4. The van der Waals surface area contributed by atoms with E-state index in [0.717, 1.165) is 0 Å². The molecule has 0 aromatic heterocycles. The fourth-order valence-electron chi connectivity index (χ4n) is 1.35. The van der Waals surface area contributed by atoms with Gasteiger partial charge in [0, 0.05) is 11.6 Å². The van der Waals surface area contributed by atoms with E-state index < -0.39 is 30.1 Å². The molecule has 0 amide bonds. The van der Waals surface area contributed by atoms with Gasteiger partial charge in [0.15, 0.2) is 11.6 Å². The lowest BCUT2D eigenvalue weighted by molar-refractivity contribution is -0.137. The number of carboxylic acids is 1. The number of aliphatic carboxylic acids is 1. The lowest BCUT2D eigenvalue weighted by atomic mass is 10.0. The van der Waals surface area contributed by atoms with Gasteiger partial charge in [0.2, 0.25) is 5.82 Å². The Hall–Kier alpha value is -1.21. The molecule has 0 aliphatic carbocycles.